The van der Waals surface area contributed by atoms with E-state index < -0.39 is 17.8 Å². The quantitative estimate of drug-likeness (QED) is 0.765. The second-order valence-electron chi connectivity index (χ2n) is 4.91. The molecule has 1 aliphatic carbocycles. The Morgan fingerprint density at radius 2 is 1.72 bits per heavy atom. The fraction of sp³-hybridized carbons (Fsp3) is 0.714. The van der Waals surface area contributed by atoms with Gasteiger partial charge >= 0.3 is 5.97 Å². The third-order valence-electron chi connectivity index (χ3n) is 3.90. The van der Waals surface area contributed by atoms with Crippen LogP contribution in [0.2, 0.25) is 0 Å². The van der Waals surface area contributed by atoms with Crippen molar-refractivity contribution in [3.05, 3.63) is 12.2 Å². The summed E-state index contributed by atoms with van der Waals surface area (Å²) in [5.74, 6) is -1.87. The number of rotatable bonds is 5. The molecule has 0 saturated carbocycles. The van der Waals surface area contributed by atoms with E-state index >= 15 is 0 Å². The van der Waals surface area contributed by atoms with Crippen LogP contribution in [0.5, 0.6) is 0 Å². The SMILES string of the molecule is CCC(CC)N(C)C(=O)C1CC=CCC1C(=O)O. The molecular formula is C14H23NO3. The molecule has 0 spiro atoms. The molecule has 1 aliphatic rings. The summed E-state index contributed by atoms with van der Waals surface area (Å²) in [6.07, 6.45) is 6.59. The van der Waals surface area contributed by atoms with Gasteiger partial charge in [0.25, 0.3) is 0 Å². The zero-order chi connectivity index (χ0) is 13.7. The zero-order valence-electron chi connectivity index (χ0n) is 11.4. The van der Waals surface area contributed by atoms with Gasteiger partial charge < -0.3 is 10.0 Å². The van der Waals surface area contributed by atoms with Crippen molar-refractivity contribution in [2.45, 2.75) is 45.6 Å². The second kappa shape index (κ2) is 6.57. The summed E-state index contributed by atoms with van der Waals surface area (Å²) in [5.41, 5.74) is 0. The normalized spacial score (nSPS) is 23.1. The Labute approximate surface area is 109 Å². The van der Waals surface area contributed by atoms with Crippen LogP contribution in [0, 0.1) is 11.8 Å². The van der Waals surface area contributed by atoms with Crippen molar-refractivity contribution in [1.82, 2.24) is 4.90 Å². The van der Waals surface area contributed by atoms with E-state index in [-0.39, 0.29) is 11.9 Å². The summed E-state index contributed by atoms with van der Waals surface area (Å²) < 4.78 is 0. The lowest BCUT2D eigenvalue weighted by molar-refractivity contribution is -0.151. The van der Waals surface area contributed by atoms with Crippen molar-refractivity contribution in [3.63, 3.8) is 0 Å². The summed E-state index contributed by atoms with van der Waals surface area (Å²) in [6.45, 7) is 4.10. The molecule has 0 saturated heterocycles. The number of carbonyl (C=O) groups is 2. The van der Waals surface area contributed by atoms with Gasteiger partial charge in [-0.1, -0.05) is 26.0 Å². The summed E-state index contributed by atoms with van der Waals surface area (Å²) >= 11 is 0. The van der Waals surface area contributed by atoms with Crippen molar-refractivity contribution in [3.8, 4) is 0 Å². The molecule has 102 valence electrons. The van der Waals surface area contributed by atoms with Gasteiger partial charge in [-0.25, -0.2) is 0 Å². The molecule has 1 amide bonds. The first-order valence-corrected chi connectivity index (χ1v) is 6.67. The molecule has 4 nitrogen and oxygen atoms in total. The van der Waals surface area contributed by atoms with E-state index in [2.05, 4.69) is 0 Å². The maximum Gasteiger partial charge on any atom is 0.307 e. The highest BCUT2D eigenvalue weighted by atomic mass is 16.4. The van der Waals surface area contributed by atoms with Crippen molar-refractivity contribution in [2.75, 3.05) is 7.05 Å². The van der Waals surface area contributed by atoms with Crippen molar-refractivity contribution >= 4 is 11.9 Å². The third kappa shape index (κ3) is 3.12. The Bertz CT molecular complexity index is 334. The van der Waals surface area contributed by atoms with Gasteiger partial charge in [-0.05, 0) is 25.7 Å². The molecule has 0 bridgehead atoms. The van der Waals surface area contributed by atoms with Crippen LogP contribution in [-0.2, 0) is 9.59 Å². The summed E-state index contributed by atoms with van der Waals surface area (Å²) in [4.78, 5) is 25.3. The number of hydrogen-bond acceptors (Lipinski definition) is 2. The fourth-order valence-electron chi connectivity index (χ4n) is 2.64. The lowest BCUT2D eigenvalue weighted by Crippen LogP contribution is -2.44. The molecule has 18 heavy (non-hydrogen) atoms. The maximum atomic E-state index is 12.4. The molecular weight excluding hydrogens is 230 g/mol. The fourth-order valence-corrected chi connectivity index (χ4v) is 2.64. The van der Waals surface area contributed by atoms with Gasteiger partial charge in [0, 0.05) is 13.1 Å². The number of carboxylic acids is 1. The highest BCUT2D eigenvalue weighted by molar-refractivity contribution is 5.85. The summed E-state index contributed by atoms with van der Waals surface area (Å²) in [7, 11) is 1.79. The number of aliphatic carboxylic acids is 1. The molecule has 2 atom stereocenters. The summed E-state index contributed by atoms with van der Waals surface area (Å²) in [6, 6.07) is 0.206. The minimum absolute atomic E-state index is 0.0274. The van der Waals surface area contributed by atoms with Gasteiger partial charge in [-0.3, -0.25) is 9.59 Å². The van der Waals surface area contributed by atoms with Crippen LogP contribution in [0.25, 0.3) is 0 Å². The number of hydrogen-bond donors (Lipinski definition) is 1. The van der Waals surface area contributed by atoms with Crippen LogP contribution >= 0.6 is 0 Å². The highest BCUT2D eigenvalue weighted by Gasteiger charge is 2.36. The highest BCUT2D eigenvalue weighted by Crippen LogP contribution is 2.28. The third-order valence-corrected chi connectivity index (χ3v) is 3.90. The molecule has 1 N–H and O–H groups in total. The topological polar surface area (TPSA) is 57.6 Å². The lowest BCUT2D eigenvalue weighted by Gasteiger charge is -2.33. The van der Waals surface area contributed by atoms with E-state index in [4.69, 9.17) is 0 Å². The van der Waals surface area contributed by atoms with Crippen LogP contribution in [-0.4, -0.2) is 35.0 Å². The first-order chi connectivity index (χ1) is 8.52. The van der Waals surface area contributed by atoms with Crippen molar-refractivity contribution in [2.24, 2.45) is 11.8 Å². The van der Waals surface area contributed by atoms with E-state index in [9.17, 15) is 14.7 Å². The number of carbonyl (C=O) groups excluding carboxylic acids is 1. The van der Waals surface area contributed by atoms with E-state index in [1.54, 1.807) is 11.9 Å². The summed E-state index contributed by atoms with van der Waals surface area (Å²) in [5, 5.41) is 9.19. The first kappa shape index (κ1) is 14.7. The Hall–Kier alpha value is -1.32. The average Bonchev–Trinajstić information content (AvgIpc) is 2.39. The number of allylic oxidation sites excluding steroid dienone is 2. The zero-order valence-corrected chi connectivity index (χ0v) is 11.4. The van der Waals surface area contributed by atoms with E-state index in [0.717, 1.165) is 12.8 Å². The van der Waals surface area contributed by atoms with Crippen LogP contribution in [0.1, 0.15) is 39.5 Å². The predicted molar refractivity (Wildman–Crippen MR) is 70.1 cm³/mol. The minimum atomic E-state index is -0.865. The van der Waals surface area contributed by atoms with Gasteiger partial charge in [-0.2, -0.15) is 0 Å². The number of carboxylic acid groups (broad SMARTS) is 1. The van der Waals surface area contributed by atoms with Crippen LogP contribution in [0.4, 0.5) is 0 Å². The Kier molecular flexibility index (Phi) is 5.38. The molecule has 0 fully saturated rings. The van der Waals surface area contributed by atoms with Gasteiger partial charge in [0.15, 0.2) is 0 Å². The molecule has 4 heteroatoms. The van der Waals surface area contributed by atoms with E-state index in [1.165, 1.54) is 0 Å². The second-order valence-corrected chi connectivity index (χ2v) is 4.91. The van der Waals surface area contributed by atoms with Crippen LogP contribution < -0.4 is 0 Å². The standard InChI is InChI=1S/C14H23NO3/c1-4-10(5-2)15(3)13(16)11-8-6-7-9-12(11)14(17)18/h6-7,10-12H,4-5,8-9H2,1-3H3,(H,17,18). The lowest BCUT2D eigenvalue weighted by atomic mass is 9.82. The molecule has 0 heterocycles. The van der Waals surface area contributed by atoms with Gasteiger partial charge in [0.1, 0.15) is 0 Å². The largest absolute Gasteiger partial charge is 0.481 e. The Morgan fingerprint density at radius 3 is 2.17 bits per heavy atom. The maximum absolute atomic E-state index is 12.4. The Morgan fingerprint density at radius 1 is 1.22 bits per heavy atom. The van der Waals surface area contributed by atoms with Gasteiger partial charge in [0.2, 0.25) is 5.91 Å². The predicted octanol–water partition coefficient (Wildman–Crippen LogP) is 2.30. The molecule has 0 aromatic carbocycles. The van der Waals surface area contributed by atoms with Gasteiger partial charge in [0.05, 0.1) is 11.8 Å². The van der Waals surface area contributed by atoms with Crippen molar-refractivity contribution < 1.29 is 14.7 Å². The number of nitrogens with zero attached hydrogens (tertiary/aromatic N) is 1. The van der Waals surface area contributed by atoms with E-state index in [0.29, 0.717) is 12.8 Å². The van der Waals surface area contributed by atoms with Gasteiger partial charge in [-0.15, -0.1) is 0 Å². The number of amides is 1. The molecule has 0 aromatic heterocycles. The molecule has 0 aromatic rings. The molecule has 0 aliphatic heterocycles. The van der Waals surface area contributed by atoms with Crippen molar-refractivity contribution in [1.29, 1.82) is 0 Å². The smallest absolute Gasteiger partial charge is 0.307 e. The Balaban J connectivity index is 2.80. The van der Waals surface area contributed by atoms with Crippen LogP contribution in [0.3, 0.4) is 0 Å². The van der Waals surface area contributed by atoms with Crippen LogP contribution in [0.15, 0.2) is 12.2 Å². The molecule has 1 rings (SSSR count). The first-order valence-electron chi connectivity index (χ1n) is 6.67. The van der Waals surface area contributed by atoms with E-state index in [1.807, 2.05) is 26.0 Å². The minimum Gasteiger partial charge on any atom is -0.481 e. The molecule has 2 unspecified atom stereocenters. The average molecular weight is 253 g/mol. The molecule has 0 radical (unpaired) electrons. The monoisotopic (exact) mass is 253 g/mol.